The SMILES string of the molecule is Cc1occc1-c1noc(CCC(C)(C)CCN)n1. The Morgan fingerprint density at radius 2 is 2.11 bits per heavy atom. The van der Waals surface area contributed by atoms with E-state index in [4.69, 9.17) is 14.7 Å². The number of hydrogen-bond acceptors (Lipinski definition) is 5. The van der Waals surface area contributed by atoms with Crippen LogP contribution in [0.2, 0.25) is 0 Å². The lowest BCUT2D eigenvalue weighted by Crippen LogP contribution is -2.17. The van der Waals surface area contributed by atoms with Crippen LogP contribution in [0.15, 0.2) is 21.3 Å². The molecule has 0 spiro atoms. The highest BCUT2D eigenvalue weighted by molar-refractivity contribution is 5.55. The minimum absolute atomic E-state index is 0.203. The predicted octanol–water partition coefficient (Wildman–Crippen LogP) is 2.95. The van der Waals surface area contributed by atoms with Gasteiger partial charge in [-0.05, 0) is 37.8 Å². The molecular formula is C14H21N3O2. The minimum atomic E-state index is 0.203. The topological polar surface area (TPSA) is 78.1 Å². The van der Waals surface area contributed by atoms with Gasteiger partial charge in [-0.2, -0.15) is 4.98 Å². The van der Waals surface area contributed by atoms with Crippen LogP contribution in [0.3, 0.4) is 0 Å². The van der Waals surface area contributed by atoms with E-state index in [2.05, 4.69) is 24.0 Å². The van der Waals surface area contributed by atoms with Gasteiger partial charge in [0, 0.05) is 6.42 Å². The van der Waals surface area contributed by atoms with Crippen molar-refractivity contribution in [2.75, 3.05) is 6.54 Å². The number of rotatable bonds is 6. The summed E-state index contributed by atoms with van der Waals surface area (Å²) >= 11 is 0. The Kier molecular flexibility index (Phi) is 4.04. The summed E-state index contributed by atoms with van der Waals surface area (Å²) in [7, 11) is 0. The molecule has 0 saturated carbocycles. The van der Waals surface area contributed by atoms with Crippen LogP contribution in [0.1, 0.15) is 38.3 Å². The van der Waals surface area contributed by atoms with Crippen molar-refractivity contribution in [2.24, 2.45) is 11.1 Å². The largest absolute Gasteiger partial charge is 0.469 e. The summed E-state index contributed by atoms with van der Waals surface area (Å²) < 4.78 is 10.5. The van der Waals surface area contributed by atoms with Gasteiger partial charge >= 0.3 is 0 Å². The number of aromatic nitrogens is 2. The van der Waals surface area contributed by atoms with Gasteiger partial charge in [-0.15, -0.1) is 0 Å². The first-order valence-electron chi connectivity index (χ1n) is 6.59. The second-order valence-corrected chi connectivity index (χ2v) is 5.61. The van der Waals surface area contributed by atoms with Crippen molar-refractivity contribution in [3.8, 4) is 11.4 Å². The van der Waals surface area contributed by atoms with Crippen molar-refractivity contribution in [3.63, 3.8) is 0 Å². The van der Waals surface area contributed by atoms with E-state index in [9.17, 15) is 0 Å². The van der Waals surface area contributed by atoms with Crippen molar-refractivity contribution in [3.05, 3.63) is 24.0 Å². The molecule has 0 fully saturated rings. The zero-order chi connectivity index (χ0) is 13.9. The van der Waals surface area contributed by atoms with Crippen molar-refractivity contribution in [1.29, 1.82) is 0 Å². The van der Waals surface area contributed by atoms with Crippen molar-refractivity contribution < 1.29 is 8.94 Å². The number of hydrogen-bond donors (Lipinski definition) is 1. The number of nitrogens with two attached hydrogens (primary N) is 1. The van der Waals surface area contributed by atoms with Crippen LogP contribution in [0.4, 0.5) is 0 Å². The number of nitrogens with zero attached hydrogens (tertiary/aromatic N) is 2. The molecule has 0 atom stereocenters. The minimum Gasteiger partial charge on any atom is -0.469 e. The molecule has 0 saturated heterocycles. The lowest BCUT2D eigenvalue weighted by Gasteiger charge is -2.22. The van der Waals surface area contributed by atoms with E-state index in [1.54, 1.807) is 6.26 Å². The van der Waals surface area contributed by atoms with Crippen LogP contribution >= 0.6 is 0 Å². The van der Waals surface area contributed by atoms with Crippen LogP contribution in [0, 0.1) is 12.3 Å². The molecule has 0 aromatic carbocycles. The van der Waals surface area contributed by atoms with Crippen LogP contribution in [-0.2, 0) is 6.42 Å². The molecule has 0 aliphatic carbocycles. The molecular weight excluding hydrogens is 242 g/mol. The first-order chi connectivity index (χ1) is 9.02. The lowest BCUT2D eigenvalue weighted by molar-refractivity contribution is 0.289. The molecule has 5 nitrogen and oxygen atoms in total. The van der Waals surface area contributed by atoms with Gasteiger partial charge in [0.1, 0.15) is 5.76 Å². The standard InChI is InChI=1S/C14H21N3O2/c1-10-11(5-9-18-10)13-16-12(19-17-13)4-6-14(2,3)7-8-15/h5,9H,4,6-8,15H2,1-3H3. The van der Waals surface area contributed by atoms with Gasteiger partial charge in [0.2, 0.25) is 11.7 Å². The monoisotopic (exact) mass is 263 g/mol. The lowest BCUT2D eigenvalue weighted by atomic mass is 9.84. The quantitative estimate of drug-likeness (QED) is 0.866. The van der Waals surface area contributed by atoms with E-state index in [0.29, 0.717) is 18.3 Å². The highest BCUT2D eigenvalue weighted by Crippen LogP contribution is 2.27. The Morgan fingerprint density at radius 1 is 1.32 bits per heavy atom. The van der Waals surface area contributed by atoms with E-state index < -0.39 is 0 Å². The Morgan fingerprint density at radius 3 is 2.74 bits per heavy atom. The van der Waals surface area contributed by atoms with E-state index >= 15 is 0 Å². The Bertz CT molecular complexity index is 528. The van der Waals surface area contributed by atoms with Crippen LogP contribution in [0.5, 0.6) is 0 Å². The highest BCUT2D eigenvalue weighted by atomic mass is 16.5. The number of aryl methyl sites for hydroxylation is 2. The summed E-state index contributed by atoms with van der Waals surface area (Å²) in [5.74, 6) is 2.06. The Balaban J connectivity index is 2.01. The zero-order valence-corrected chi connectivity index (χ0v) is 11.8. The van der Waals surface area contributed by atoms with Crippen molar-refractivity contribution in [1.82, 2.24) is 10.1 Å². The Labute approximate surface area is 113 Å². The molecule has 2 aromatic rings. The molecule has 5 heteroatoms. The molecule has 104 valence electrons. The van der Waals surface area contributed by atoms with Gasteiger partial charge in [0.15, 0.2) is 0 Å². The van der Waals surface area contributed by atoms with Gasteiger partial charge in [-0.25, -0.2) is 0 Å². The van der Waals surface area contributed by atoms with E-state index in [-0.39, 0.29) is 5.41 Å². The molecule has 0 radical (unpaired) electrons. The van der Waals surface area contributed by atoms with E-state index in [1.165, 1.54) is 0 Å². The molecule has 0 aliphatic heterocycles. The second kappa shape index (κ2) is 5.57. The molecule has 2 rings (SSSR count). The van der Waals surface area contributed by atoms with Crippen LogP contribution in [0.25, 0.3) is 11.4 Å². The molecule has 2 N–H and O–H groups in total. The second-order valence-electron chi connectivity index (χ2n) is 5.61. The highest BCUT2D eigenvalue weighted by Gasteiger charge is 2.19. The van der Waals surface area contributed by atoms with Gasteiger partial charge in [-0.3, -0.25) is 0 Å². The zero-order valence-electron chi connectivity index (χ0n) is 11.8. The normalized spacial score (nSPS) is 12.0. The van der Waals surface area contributed by atoms with Crippen molar-refractivity contribution in [2.45, 2.75) is 40.0 Å². The molecule has 0 aliphatic rings. The van der Waals surface area contributed by atoms with Crippen molar-refractivity contribution >= 4 is 0 Å². The third-order valence-electron chi connectivity index (χ3n) is 3.40. The first kappa shape index (κ1) is 13.8. The summed E-state index contributed by atoms with van der Waals surface area (Å²) in [6, 6.07) is 1.85. The van der Waals surface area contributed by atoms with Gasteiger partial charge in [0.05, 0.1) is 11.8 Å². The molecule has 2 heterocycles. The number of furan rings is 1. The maximum Gasteiger partial charge on any atom is 0.226 e. The third kappa shape index (κ3) is 3.44. The summed E-state index contributed by atoms with van der Waals surface area (Å²) in [5.41, 5.74) is 6.70. The molecule has 0 bridgehead atoms. The van der Waals surface area contributed by atoms with E-state index in [0.717, 1.165) is 30.6 Å². The summed E-state index contributed by atoms with van der Waals surface area (Å²) in [6.07, 6.45) is 4.38. The maximum absolute atomic E-state index is 5.61. The first-order valence-corrected chi connectivity index (χ1v) is 6.59. The average Bonchev–Trinajstić information content (AvgIpc) is 2.95. The molecule has 2 aromatic heterocycles. The fourth-order valence-corrected chi connectivity index (χ4v) is 2.04. The van der Waals surface area contributed by atoms with E-state index in [1.807, 2.05) is 13.0 Å². The smallest absolute Gasteiger partial charge is 0.226 e. The average molecular weight is 263 g/mol. The fourth-order valence-electron chi connectivity index (χ4n) is 2.04. The van der Waals surface area contributed by atoms with Gasteiger partial charge in [-0.1, -0.05) is 19.0 Å². The predicted molar refractivity (Wildman–Crippen MR) is 72.5 cm³/mol. The van der Waals surface area contributed by atoms with Crippen LogP contribution < -0.4 is 5.73 Å². The third-order valence-corrected chi connectivity index (χ3v) is 3.40. The summed E-state index contributed by atoms with van der Waals surface area (Å²) in [5, 5.41) is 4.00. The molecule has 19 heavy (non-hydrogen) atoms. The molecule has 0 amide bonds. The van der Waals surface area contributed by atoms with Gasteiger partial charge < -0.3 is 14.7 Å². The molecule has 0 unspecified atom stereocenters. The Hall–Kier alpha value is -1.62. The summed E-state index contributed by atoms with van der Waals surface area (Å²) in [4.78, 5) is 4.41. The summed E-state index contributed by atoms with van der Waals surface area (Å²) in [6.45, 7) is 7.00. The maximum atomic E-state index is 5.61. The van der Waals surface area contributed by atoms with Crippen LogP contribution in [-0.4, -0.2) is 16.7 Å². The van der Waals surface area contributed by atoms with Gasteiger partial charge in [0.25, 0.3) is 0 Å². The fraction of sp³-hybridized carbons (Fsp3) is 0.571.